The van der Waals surface area contributed by atoms with Gasteiger partial charge in [0, 0.05) is 19.0 Å². The molecule has 2 rings (SSSR count). The SMILES string of the molecule is CCCC(C)n1nccc1N1CC(S(=O)(=O)F)CC1=O. The Kier molecular flexibility index (Phi) is 4.12. The lowest BCUT2D eigenvalue weighted by molar-refractivity contribution is -0.117. The normalized spacial score (nSPS) is 21.4. The van der Waals surface area contributed by atoms with Crippen LogP contribution in [0.25, 0.3) is 0 Å². The summed E-state index contributed by atoms with van der Waals surface area (Å²) >= 11 is 0. The highest BCUT2D eigenvalue weighted by Gasteiger charge is 2.40. The molecule has 0 aromatic carbocycles. The second kappa shape index (κ2) is 5.51. The molecular formula is C12H18FN3O3S. The summed E-state index contributed by atoms with van der Waals surface area (Å²) in [6, 6.07) is 1.75. The molecular weight excluding hydrogens is 285 g/mol. The summed E-state index contributed by atoms with van der Waals surface area (Å²) < 4.78 is 36.6. The van der Waals surface area contributed by atoms with Gasteiger partial charge in [0.2, 0.25) is 5.91 Å². The number of amides is 1. The summed E-state index contributed by atoms with van der Waals surface area (Å²) in [4.78, 5) is 13.2. The molecule has 2 heterocycles. The summed E-state index contributed by atoms with van der Waals surface area (Å²) in [5, 5.41) is 2.90. The maximum absolute atomic E-state index is 13.0. The molecule has 1 aromatic rings. The van der Waals surface area contributed by atoms with Crippen LogP contribution in [-0.4, -0.2) is 35.9 Å². The van der Waals surface area contributed by atoms with Crippen molar-refractivity contribution in [1.82, 2.24) is 9.78 Å². The molecule has 20 heavy (non-hydrogen) atoms. The monoisotopic (exact) mass is 303 g/mol. The van der Waals surface area contributed by atoms with Gasteiger partial charge < -0.3 is 0 Å². The maximum atomic E-state index is 13.0. The molecule has 1 fully saturated rings. The Morgan fingerprint density at radius 1 is 1.55 bits per heavy atom. The van der Waals surface area contributed by atoms with Gasteiger partial charge in [-0.15, -0.1) is 3.89 Å². The predicted octanol–water partition coefficient (Wildman–Crippen LogP) is 1.65. The molecule has 1 amide bonds. The van der Waals surface area contributed by atoms with Crippen LogP contribution >= 0.6 is 0 Å². The van der Waals surface area contributed by atoms with E-state index in [2.05, 4.69) is 5.10 Å². The van der Waals surface area contributed by atoms with Crippen LogP contribution in [0.5, 0.6) is 0 Å². The first-order chi connectivity index (χ1) is 9.34. The highest BCUT2D eigenvalue weighted by atomic mass is 32.3. The van der Waals surface area contributed by atoms with Gasteiger partial charge in [0.25, 0.3) is 0 Å². The summed E-state index contributed by atoms with van der Waals surface area (Å²) in [6.45, 7) is 3.87. The minimum atomic E-state index is -4.69. The summed E-state index contributed by atoms with van der Waals surface area (Å²) in [5.74, 6) is 0.142. The van der Waals surface area contributed by atoms with Gasteiger partial charge in [-0.1, -0.05) is 13.3 Å². The zero-order chi connectivity index (χ0) is 14.9. The molecule has 0 spiro atoms. The molecule has 1 aromatic heterocycles. The van der Waals surface area contributed by atoms with Crippen molar-refractivity contribution in [2.75, 3.05) is 11.4 Å². The third-order valence-electron chi connectivity index (χ3n) is 3.54. The number of aromatic nitrogens is 2. The first kappa shape index (κ1) is 15.0. The third-order valence-corrected chi connectivity index (χ3v) is 4.65. The second-order valence-corrected chi connectivity index (χ2v) is 6.70. The molecule has 112 valence electrons. The molecule has 1 aliphatic rings. The fraction of sp³-hybridized carbons (Fsp3) is 0.667. The van der Waals surface area contributed by atoms with E-state index >= 15 is 0 Å². The van der Waals surface area contributed by atoms with Crippen LogP contribution < -0.4 is 4.90 Å². The van der Waals surface area contributed by atoms with Gasteiger partial charge in [-0.05, 0) is 13.3 Å². The smallest absolute Gasteiger partial charge is 0.296 e. The van der Waals surface area contributed by atoms with E-state index in [1.54, 1.807) is 16.9 Å². The molecule has 0 aliphatic carbocycles. The number of halogens is 1. The van der Waals surface area contributed by atoms with Gasteiger partial charge >= 0.3 is 10.2 Å². The van der Waals surface area contributed by atoms with Crippen molar-refractivity contribution in [2.45, 2.75) is 44.4 Å². The van der Waals surface area contributed by atoms with E-state index in [1.807, 2.05) is 13.8 Å². The van der Waals surface area contributed by atoms with Crippen LogP contribution in [0.1, 0.15) is 39.2 Å². The zero-order valence-corrected chi connectivity index (χ0v) is 12.3. The van der Waals surface area contributed by atoms with E-state index in [1.165, 1.54) is 4.90 Å². The number of rotatable bonds is 5. The van der Waals surface area contributed by atoms with E-state index in [0.717, 1.165) is 12.8 Å². The fourth-order valence-electron chi connectivity index (χ4n) is 2.49. The van der Waals surface area contributed by atoms with Crippen LogP contribution in [0.15, 0.2) is 12.3 Å². The lowest BCUT2D eigenvalue weighted by Crippen LogP contribution is -2.29. The van der Waals surface area contributed by atoms with Crippen molar-refractivity contribution in [3.63, 3.8) is 0 Å². The van der Waals surface area contributed by atoms with E-state index in [0.29, 0.717) is 5.82 Å². The lowest BCUT2D eigenvalue weighted by Gasteiger charge is -2.21. The quantitative estimate of drug-likeness (QED) is 0.775. The summed E-state index contributed by atoms with van der Waals surface area (Å²) in [6.07, 6.45) is 3.11. The van der Waals surface area contributed by atoms with Gasteiger partial charge in [0.15, 0.2) is 0 Å². The Labute approximate surface area is 117 Å². The first-order valence-electron chi connectivity index (χ1n) is 6.62. The largest absolute Gasteiger partial charge is 0.307 e. The molecule has 0 bridgehead atoms. The van der Waals surface area contributed by atoms with Gasteiger partial charge in [0.1, 0.15) is 11.1 Å². The Hall–Kier alpha value is -1.44. The van der Waals surface area contributed by atoms with Gasteiger partial charge in [-0.3, -0.25) is 9.69 Å². The second-order valence-electron chi connectivity index (χ2n) is 5.08. The first-order valence-corrected chi connectivity index (χ1v) is 8.06. The topological polar surface area (TPSA) is 72.3 Å². The zero-order valence-electron chi connectivity index (χ0n) is 11.5. The van der Waals surface area contributed by atoms with E-state index in [9.17, 15) is 17.1 Å². The summed E-state index contributed by atoms with van der Waals surface area (Å²) in [5.41, 5.74) is 0. The molecule has 1 saturated heterocycles. The Balaban J connectivity index is 2.25. The maximum Gasteiger partial charge on any atom is 0.307 e. The molecule has 8 heteroatoms. The number of hydrogen-bond donors (Lipinski definition) is 0. The minimum Gasteiger partial charge on any atom is -0.296 e. The number of nitrogens with zero attached hydrogens (tertiary/aromatic N) is 3. The van der Waals surface area contributed by atoms with Gasteiger partial charge in [0.05, 0.1) is 12.2 Å². The number of anilines is 1. The molecule has 1 aliphatic heterocycles. The number of carbonyl (C=O) groups is 1. The third kappa shape index (κ3) is 2.84. The standard InChI is InChI=1S/C12H18FN3O3S/c1-3-4-9(2)16-11(5-6-14-16)15-8-10(7-12(15)17)20(13,18)19/h5-6,9-10H,3-4,7-8H2,1-2H3. The Bertz CT molecular complexity index is 599. The predicted molar refractivity (Wildman–Crippen MR) is 72.6 cm³/mol. The van der Waals surface area contributed by atoms with E-state index in [4.69, 9.17) is 0 Å². The van der Waals surface area contributed by atoms with Crippen molar-refractivity contribution in [3.05, 3.63) is 12.3 Å². The van der Waals surface area contributed by atoms with Crippen LogP contribution in [-0.2, 0) is 15.0 Å². The molecule has 2 unspecified atom stereocenters. The van der Waals surface area contributed by atoms with Crippen molar-refractivity contribution >= 4 is 21.9 Å². The molecule has 0 saturated carbocycles. The minimum absolute atomic E-state index is 0.0961. The van der Waals surface area contributed by atoms with Crippen LogP contribution in [0.4, 0.5) is 9.70 Å². The average molecular weight is 303 g/mol. The van der Waals surface area contributed by atoms with Crippen LogP contribution in [0.3, 0.4) is 0 Å². The van der Waals surface area contributed by atoms with Crippen molar-refractivity contribution < 1.29 is 17.1 Å². The van der Waals surface area contributed by atoms with Crippen molar-refractivity contribution in [2.24, 2.45) is 0 Å². The highest BCUT2D eigenvalue weighted by Crippen LogP contribution is 2.28. The Morgan fingerprint density at radius 2 is 2.25 bits per heavy atom. The van der Waals surface area contributed by atoms with Crippen LogP contribution in [0.2, 0.25) is 0 Å². The molecule has 0 radical (unpaired) electrons. The van der Waals surface area contributed by atoms with Crippen molar-refractivity contribution in [3.8, 4) is 0 Å². The summed E-state index contributed by atoms with van der Waals surface area (Å²) in [7, 11) is -4.69. The molecule has 6 nitrogen and oxygen atoms in total. The average Bonchev–Trinajstić information content (AvgIpc) is 2.94. The van der Waals surface area contributed by atoms with Crippen molar-refractivity contribution in [1.29, 1.82) is 0 Å². The fourth-order valence-corrected chi connectivity index (χ4v) is 3.15. The van der Waals surface area contributed by atoms with Gasteiger partial charge in [-0.25, -0.2) is 4.68 Å². The van der Waals surface area contributed by atoms with E-state index < -0.39 is 15.5 Å². The Morgan fingerprint density at radius 3 is 2.80 bits per heavy atom. The number of carbonyl (C=O) groups excluding carboxylic acids is 1. The van der Waals surface area contributed by atoms with E-state index in [-0.39, 0.29) is 24.9 Å². The number of hydrogen-bond acceptors (Lipinski definition) is 4. The molecule has 0 N–H and O–H groups in total. The lowest BCUT2D eigenvalue weighted by atomic mass is 10.2. The van der Waals surface area contributed by atoms with Gasteiger partial charge in [-0.2, -0.15) is 13.5 Å². The molecule has 2 atom stereocenters. The highest BCUT2D eigenvalue weighted by molar-refractivity contribution is 7.87. The van der Waals surface area contributed by atoms with Crippen LogP contribution in [0, 0.1) is 0 Å².